The van der Waals surface area contributed by atoms with Crippen molar-refractivity contribution in [2.45, 2.75) is 13.5 Å². The molecule has 1 aromatic heterocycles. The number of aromatic nitrogens is 2. The number of para-hydroxylation sites is 1. The molecular formula is C12H12N2O4. The maximum absolute atomic E-state index is 11.4. The van der Waals surface area contributed by atoms with E-state index in [1.807, 2.05) is 0 Å². The van der Waals surface area contributed by atoms with Gasteiger partial charge in [0.15, 0.2) is 0 Å². The summed E-state index contributed by atoms with van der Waals surface area (Å²) in [6, 6.07) is 4.81. The number of carbonyl (C=O) groups is 2. The number of aromatic carboxylic acids is 1. The Bertz CT molecular complexity index is 603. The van der Waals surface area contributed by atoms with Crippen LogP contribution in [0.15, 0.2) is 24.5 Å². The van der Waals surface area contributed by atoms with E-state index in [1.165, 1.54) is 12.4 Å². The minimum Gasteiger partial charge on any atom is -0.478 e. The maximum atomic E-state index is 11.4. The van der Waals surface area contributed by atoms with Gasteiger partial charge in [-0.1, -0.05) is 6.07 Å². The lowest BCUT2D eigenvalue weighted by atomic mass is 10.2. The number of hydrogen-bond donors (Lipinski definition) is 1. The average molecular weight is 248 g/mol. The van der Waals surface area contributed by atoms with Gasteiger partial charge in [-0.2, -0.15) is 0 Å². The monoisotopic (exact) mass is 248 g/mol. The number of hydrogen-bond acceptors (Lipinski definition) is 4. The lowest BCUT2D eigenvalue weighted by Gasteiger charge is -2.04. The van der Waals surface area contributed by atoms with Gasteiger partial charge in [-0.3, -0.25) is 4.79 Å². The molecule has 18 heavy (non-hydrogen) atoms. The van der Waals surface area contributed by atoms with Crippen LogP contribution in [0.2, 0.25) is 0 Å². The number of ether oxygens (including phenoxy) is 1. The summed E-state index contributed by atoms with van der Waals surface area (Å²) in [4.78, 5) is 26.4. The van der Waals surface area contributed by atoms with Gasteiger partial charge in [-0.15, -0.1) is 0 Å². The minimum absolute atomic E-state index is 0.0212. The largest absolute Gasteiger partial charge is 0.478 e. The lowest BCUT2D eigenvalue weighted by molar-refractivity contribution is -0.143. The smallest absolute Gasteiger partial charge is 0.337 e. The van der Waals surface area contributed by atoms with Gasteiger partial charge >= 0.3 is 11.9 Å². The lowest BCUT2D eigenvalue weighted by Crippen LogP contribution is -2.12. The minimum atomic E-state index is -1.04. The summed E-state index contributed by atoms with van der Waals surface area (Å²) >= 11 is 0. The molecule has 0 aliphatic heterocycles. The summed E-state index contributed by atoms with van der Waals surface area (Å²) in [5, 5.41) is 9.02. The predicted octanol–water partition coefficient (Wildman–Crippen LogP) is 1.30. The summed E-state index contributed by atoms with van der Waals surface area (Å²) in [5.74, 6) is -1.42. The normalized spacial score (nSPS) is 10.5. The van der Waals surface area contributed by atoms with Crippen LogP contribution in [0.5, 0.6) is 0 Å². The molecule has 0 fully saturated rings. The number of carboxylic acid groups (broad SMARTS) is 1. The molecule has 0 bridgehead atoms. The van der Waals surface area contributed by atoms with E-state index in [1.54, 1.807) is 23.6 Å². The van der Waals surface area contributed by atoms with E-state index in [0.717, 1.165) is 0 Å². The molecule has 1 heterocycles. The van der Waals surface area contributed by atoms with Crippen molar-refractivity contribution < 1.29 is 19.4 Å². The van der Waals surface area contributed by atoms with Crippen LogP contribution in [0.4, 0.5) is 0 Å². The zero-order valence-corrected chi connectivity index (χ0v) is 9.79. The first-order valence-corrected chi connectivity index (χ1v) is 5.46. The quantitative estimate of drug-likeness (QED) is 0.825. The van der Waals surface area contributed by atoms with Crippen LogP contribution in [0.25, 0.3) is 11.0 Å². The Morgan fingerprint density at radius 2 is 2.22 bits per heavy atom. The van der Waals surface area contributed by atoms with Crippen LogP contribution in [0.1, 0.15) is 17.3 Å². The number of fused-ring (bicyclic) bond motifs is 1. The zero-order valence-electron chi connectivity index (χ0n) is 9.79. The second kappa shape index (κ2) is 4.87. The molecule has 0 radical (unpaired) electrons. The SMILES string of the molecule is CCOC(=O)Cn1cnc2c(C(=O)O)cccc21. The molecule has 0 aliphatic carbocycles. The van der Waals surface area contributed by atoms with Crippen molar-refractivity contribution >= 4 is 23.0 Å². The zero-order chi connectivity index (χ0) is 13.1. The van der Waals surface area contributed by atoms with Crippen molar-refractivity contribution in [2.75, 3.05) is 6.61 Å². The van der Waals surface area contributed by atoms with E-state index in [-0.39, 0.29) is 18.1 Å². The number of imidazole rings is 1. The number of carboxylic acids is 1. The molecule has 0 amide bonds. The van der Waals surface area contributed by atoms with E-state index >= 15 is 0 Å². The first-order chi connectivity index (χ1) is 8.63. The molecule has 2 rings (SSSR count). The molecule has 1 N–H and O–H groups in total. The fourth-order valence-corrected chi connectivity index (χ4v) is 1.73. The third kappa shape index (κ3) is 2.17. The van der Waals surface area contributed by atoms with Crippen molar-refractivity contribution in [3.05, 3.63) is 30.1 Å². The molecule has 6 nitrogen and oxygen atoms in total. The summed E-state index contributed by atoms with van der Waals surface area (Å²) in [7, 11) is 0. The van der Waals surface area contributed by atoms with Gasteiger partial charge in [-0.05, 0) is 19.1 Å². The highest BCUT2D eigenvalue weighted by molar-refractivity contribution is 6.01. The van der Waals surface area contributed by atoms with Crippen LogP contribution in [0, 0.1) is 0 Å². The average Bonchev–Trinajstić information content (AvgIpc) is 2.72. The maximum Gasteiger partial charge on any atom is 0.337 e. The topological polar surface area (TPSA) is 81.4 Å². The fraction of sp³-hybridized carbons (Fsp3) is 0.250. The third-order valence-electron chi connectivity index (χ3n) is 2.49. The molecule has 0 saturated carbocycles. The van der Waals surface area contributed by atoms with Crippen molar-refractivity contribution in [1.29, 1.82) is 0 Å². The van der Waals surface area contributed by atoms with Gasteiger partial charge in [0.05, 0.1) is 24.0 Å². The standard InChI is InChI=1S/C12H12N2O4/c1-2-18-10(15)6-14-7-13-11-8(12(16)17)4-3-5-9(11)14/h3-5,7H,2,6H2,1H3,(H,16,17). The third-order valence-corrected chi connectivity index (χ3v) is 2.49. The molecule has 0 aliphatic rings. The molecule has 0 saturated heterocycles. The highest BCUT2D eigenvalue weighted by Gasteiger charge is 2.13. The Hall–Kier alpha value is -2.37. The van der Waals surface area contributed by atoms with E-state index in [2.05, 4.69) is 4.98 Å². The Morgan fingerprint density at radius 1 is 1.44 bits per heavy atom. The van der Waals surface area contributed by atoms with Crippen molar-refractivity contribution in [2.24, 2.45) is 0 Å². The highest BCUT2D eigenvalue weighted by Crippen LogP contribution is 2.17. The van der Waals surface area contributed by atoms with Gasteiger partial charge in [0, 0.05) is 0 Å². The van der Waals surface area contributed by atoms with Crippen LogP contribution in [-0.2, 0) is 16.1 Å². The van der Waals surface area contributed by atoms with Gasteiger partial charge in [0.25, 0.3) is 0 Å². The van der Waals surface area contributed by atoms with Gasteiger partial charge < -0.3 is 14.4 Å². The number of rotatable bonds is 4. The predicted molar refractivity (Wildman–Crippen MR) is 63.3 cm³/mol. The Kier molecular flexibility index (Phi) is 3.27. The summed E-state index contributed by atoms with van der Waals surface area (Å²) in [5.41, 5.74) is 1.09. The van der Waals surface area contributed by atoms with Crippen molar-refractivity contribution in [1.82, 2.24) is 9.55 Å². The first kappa shape index (κ1) is 12.1. The number of carbonyl (C=O) groups excluding carboxylic acids is 1. The molecule has 0 atom stereocenters. The van der Waals surface area contributed by atoms with Gasteiger partial charge in [0.1, 0.15) is 12.1 Å². The van der Waals surface area contributed by atoms with Crippen LogP contribution in [-0.4, -0.2) is 33.2 Å². The van der Waals surface area contributed by atoms with Crippen LogP contribution >= 0.6 is 0 Å². The van der Waals surface area contributed by atoms with Gasteiger partial charge in [-0.25, -0.2) is 9.78 Å². The number of benzene rings is 1. The van der Waals surface area contributed by atoms with Crippen LogP contribution < -0.4 is 0 Å². The fourth-order valence-electron chi connectivity index (χ4n) is 1.73. The Labute approximate surface area is 103 Å². The second-order valence-corrected chi connectivity index (χ2v) is 3.66. The van der Waals surface area contributed by atoms with Crippen LogP contribution in [0.3, 0.4) is 0 Å². The van der Waals surface area contributed by atoms with Crippen molar-refractivity contribution in [3.63, 3.8) is 0 Å². The second-order valence-electron chi connectivity index (χ2n) is 3.66. The van der Waals surface area contributed by atoms with E-state index in [0.29, 0.717) is 17.6 Å². The summed E-state index contributed by atoms with van der Waals surface area (Å²) in [6.07, 6.45) is 1.44. The first-order valence-electron chi connectivity index (χ1n) is 5.46. The number of esters is 1. The van der Waals surface area contributed by atoms with E-state index in [4.69, 9.17) is 9.84 Å². The van der Waals surface area contributed by atoms with E-state index in [9.17, 15) is 9.59 Å². The molecular weight excluding hydrogens is 236 g/mol. The molecule has 94 valence electrons. The molecule has 6 heteroatoms. The van der Waals surface area contributed by atoms with Crippen molar-refractivity contribution in [3.8, 4) is 0 Å². The summed E-state index contributed by atoms with van der Waals surface area (Å²) < 4.78 is 6.41. The molecule has 0 unspecified atom stereocenters. The molecule has 2 aromatic rings. The van der Waals surface area contributed by atoms with E-state index < -0.39 is 5.97 Å². The Balaban J connectivity index is 2.40. The van der Waals surface area contributed by atoms with Gasteiger partial charge in [0.2, 0.25) is 0 Å². The molecule has 0 spiro atoms. The number of nitrogens with zero attached hydrogens (tertiary/aromatic N) is 2. The Morgan fingerprint density at radius 3 is 2.89 bits per heavy atom. The summed E-state index contributed by atoms with van der Waals surface area (Å²) in [6.45, 7) is 2.06. The highest BCUT2D eigenvalue weighted by atomic mass is 16.5. The molecule has 1 aromatic carbocycles.